The minimum atomic E-state index is -0.392. The van der Waals surface area contributed by atoms with Crippen LogP contribution in [-0.2, 0) is 20.9 Å². The van der Waals surface area contributed by atoms with Gasteiger partial charge < -0.3 is 9.64 Å². The number of aromatic nitrogens is 2. The van der Waals surface area contributed by atoms with Crippen molar-refractivity contribution >= 4 is 33.4 Å². The van der Waals surface area contributed by atoms with E-state index in [1.54, 1.807) is 11.8 Å². The van der Waals surface area contributed by atoms with E-state index in [0.717, 1.165) is 28.1 Å². The highest BCUT2D eigenvalue weighted by molar-refractivity contribution is 7.18. The maximum atomic E-state index is 12.7. The molecule has 3 rings (SSSR count). The Bertz CT molecular complexity index is 914. The summed E-state index contributed by atoms with van der Waals surface area (Å²) in [5.41, 5.74) is 0.833. The zero-order valence-corrected chi connectivity index (χ0v) is 16.8. The Labute approximate surface area is 161 Å². The van der Waals surface area contributed by atoms with Gasteiger partial charge in [0.15, 0.2) is 0 Å². The first-order chi connectivity index (χ1) is 12.9. The molecule has 2 aromatic heterocycles. The summed E-state index contributed by atoms with van der Waals surface area (Å²) in [5, 5.41) is 0.633. The van der Waals surface area contributed by atoms with Crippen LogP contribution < -0.4 is 5.56 Å². The Kier molecular flexibility index (Phi) is 5.94. The Hall–Kier alpha value is -2.22. The molecule has 0 spiro atoms. The summed E-state index contributed by atoms with van der Waals surface area (Å²) < 4.78 is 6.46. The predicted molar refractivity (Wildman–Crippen MR) is 104 cm³/mol. The summed E-state index contributed by atoms with van der Waals surface area (Å²) in [5.74, 6) is -0.0585. The molecular formula is C19H25N3O4S. The van der Waals surface area contributed by atoms with E-state index in [1.165, 1.54) is 22.2 Å². The highest BCUT2D eigenvalue weighted by Crippen LogP contribution is 2.30. The molecule has 27 heavy (non-hydrogen) atoms. The van der Waals surface area contributed by atoms with Crippen LogP contribution >= 0.6 is 11.3 Å². The summed E-state index contributed by atoms with van der Waals surface area (Å²) in [6.45, 7) is 6.73. The first-order valence-corrected chi connectivity index (χ1v) is 10.1. The van der Waals surface area contributed by atoms with Crippen molar-refractivity contribution < 1.29 is 14.3 Å². The Balaban J connectivity index is 1.70. The van der Waals surface area contributed by atoms with Crippen LogP contribution in [0.15, 0.2) is 11.1 Å². The van der Waals surface area contributed by atoms with Gasteiger partial charge in [0, 0.05) is 24.4 Å². The number of aryl methyl sites for hydroxylation is 3. The van der Waals surface area contributed by atoms with Crippen molar-refractivity contribution in [3.63, 3.8) is 0 Å². The number of hydrogen-bond donors (Lipinski definition) is 0. The van der Waals surface area contributed by atoms with E-state index in [2.05, 4.69) is 4.98 Å². The minimum Gasteiger partial charge on any atom is -0.465 e. The van der Waals surface area contributed by atoms with Crippen molar-refractivity contribution in [2.24, 2.45) is 5.92 Å². The van der Waals surface area contributed by atoms with Crippen molar-refractivity contribution in [1.29, 1.82) is 0 Å². The maximum absolute atomic E-state index is 12.7. The second-order valence-corrected chi connectivity index (χ2v) is 8.18. The molecule has 0 unspecified atom stereocenters. The van der Waals surface area contributed by atoms with Crippen molar-refractivity contribution in [3.8, 4) is 0 Å². The lowest BCUT2D eigenvalue weighted by molar-refractivity contribution is -0.149. The average molecular weight is 391 g/mol. The summed E-state index contributed by atoms with van der Waals surface area (Å²) in [4.78, 5) is 44.9. The van der Waals surface area contributed by atoms with Gasteiger partial charge in [0.25, 0.3) is 5.56 Å². The molecule has 7 nitrogen and oxygen atoms in total. The number of ether oxygens (including phenoxy) is 1. The van der Waals surface area contributed by atoms with Crippen molar-refractivity contribution in [3.05, 3.63) is 27.1 Å². The van der Waals surface area contributed by atoms with Gasteiger partial charge >= 0.3 is 5.97 Å². The quantitative estimate of drug-likeness (QED) is 0.645. The largest absolute Gasteiger partial charge is 0.465 e. The Morgan fingerprint density at radius 3 is 2.78 bits per heavy atom. The number of carbonyl (C=O) groups is 2. The fraction of sp³-hybridized carbons (Fsp3) is 0.579. The van der Waals surface area contributed by atoms with Gasteiger partial charge in [0.2, 0.25) is 5.91 Å². The number of carbonyl (C=O) groups excluding carboxylic acids is 2. The van der Waals surface area contributed by atoms with Gasteiger partial charge in [0.1, 0.15) is 11.4 Å². The van der Waals surface area contributed by atoms with E-state index in [9.17, 15) is 14.4 Å². The van der Waals surface area contributed by atoms with Gasteiger partial charge in [-0.3, -0.25) is 19.0 Å². The van der Waals surface area contributed by atoms with Crippen molar-refractivity contribution in [2.45, 2.75) is 46.6 Å². The number of amides is 1. The van der Waals surface area contributed by atoms with Gasteiger partial charge in [-0.25, -0.2) is 4.98 Å². The molecule has 8 heteroatoms. The number of rotatable bonds is 8. The second-order valence-electron chi connectivity index (χ2n) is 6.98. The monoisotopic (exact) mass is 391 g/mol. The van der Waals surface area contributed by atoms with E-state index in [4.69, 9.17) is 4.74 Å². The van der Waals surface area contributed by atoms with Crippen LogP contribution in [0.3, 0.4) is 0 Å². The molecule has 0 aromatic carbocycles. The van der Waals surface area contributed by atoms with Crippen LogP contribution in [0.25, 0.3) is 10.2 Å². The zero-order valence-electron chi connectivity index (χ0n) is 16.0. The maximum Gasteiger partial charge on any atom is 0.325 e. The molecule has 0 bridgehead atoms. The number of thiophene rings is 1. The first kappa shape index (κ1) is 19.5. The van der Waals surface area contributed by atoms with Gasteiger partial charge in [0.05, 0.1) is 18.3 Å². The standard InChI is InChI=1S/C19H25N3O4S/c1-4-26-16(24)10-22(9-14-5-6-14)15(23)7-8-21-11-20-18-17(19(21)25)12(2)13(3)27-18/h11,14H,4-10H2,1-3H3. The van der Waals surface area contributed by atoms with Crippen LogP contribution in [0.4, 0.5) is 0 Å². The summed E-state index contributed by atoms with van der Waals surface area (Å²) in [7, 11) is 0. The molecule has 1 saturated carbocycles. The SMILES string of the molecule is CCOC(=O)CN(CC1CC1)C(=O)CCn1cnc2sc(C)c(C)c2c1=O. The minimum absolute atomic E-state index is 0.0296. The van der Waals surface area contributed by atoms with Crippen LogP contribution in [0.1, 0.15) is 36.6 Å². The normalized spacial score (nSPS) is 13.7. The first-order valence-electron chi connectivity index (χ1n) is 9.29. The van der Waals surface area contributed by atoms with E-state index in [0.29, 0.717) is 24.5 Å². The lowest BCUT2D eigenvalue weighted by Crippen LogP contribution is -2.38. The van der Waals surface area contributed by atoms with Crippen LogP contribution in [0.5, 0.6) is 0 Å². The second kappa shape index (κ2) is 8.21. The molecule has 1 aliphatic carbocycles. The predicted octanol–water partition coefficient (Wildman–Crippen LogP) is 2.27. The zero-order chi connectivity index (χ0) is 19.6. The Morgan fingerprint density at radius 2 is 2.11 bits per heavy atom. The molecule has 2 heterocycles. The van der Waals surface area contributed by atoms with Crippen molar-refractivity contribution in [2.75, 3.05) is 19.7 Å². The lowest BCUT2D eigenvalue weighted by atomic mass is 10.2. The Morgan fingerprint density at radius 1 is 1.37 bits per heavy atom. The molecule has 0 atom stereocenters. The van der Waals surface area contributed by atoms with E-state index in [1.807, 2.05) is 13.8 Å². The van der Waals surface area contributed by atoms with Gasteiger partial charge in [-0.1, -0.05) is 0 Å². The molecule has 1 amide bonds. The molecule has 2 aromatic rings. The molecular weight excluding hydrogens is 366 g/mol. The number of nitrogens with zero attached hydrogens (tertiary/aromatic N) is 3. The number of hydrogen-bond acceptors (Lipinski definition) is 6. The molecule has 0 radical (unpaired) electrons. The summed E-state index contributed by atoms with van der Waals surface area (Å²) >= 11 is 1.51. The van der Waals surface area contributed by atoms with Crippen molar-refractivity contribution in [1.82, 2.24) is 14.5 Å². The van der Waals surface area contributed by atoms with Gasteiger partial charge in [-0.2, -0.15) is 0 Å². The molecule has 0 saturated heterocycles. The third-order valence-corrected chi connectivity index (χ3v) is 5.99. The fourth-order valence-corrected chi connectivity index (χ4v) is 4.02. The molecule has 1 fully saturated rings. The topological polar surface area (TPSA) is 81.5 Å². The summed E-state index contributed by atoms with van der Waals surface area (Å²) in [6.07, 6.45) is 3.83. The molecule has 0 N–H and O–H groups in total. The average Bonchev–Trinajstić information content (AvgIpc) is 3.39. The highest BCUT2D eigenvalue weighted by Gasteiger charge is 2.28. The smallest absolute Gasteiger partial charge is 0.325 e. The molecule has 146 valence electrons. The third-order valence-electron chi connectivity index (χ3n) is 4.88. The third kappa shape index (κ3) is 4.55. The number of fused-ring (bicyclic) bond motifs is 1. The van der Waals surface area contributed by atoms with Crippen LogP contribution in [0, 0.1) is 19.8 Å². The van der Waals surface area contributed by atoms with E-state index in [-0.39, 0.29) is 31.0 Å². The summed E-state index contributed by atoms with van der Waals surface area (Å²) in [6, 6.07) is 0. The fourth-order valence-electron chi connectivity index (χ4n) is 3.03. The van der Waals surface area contributed by atoms with E-state index < -0.39 is 5.97 Å². The van der Waals surface area contributed by atoms with Gasteiger partial charge in [-0.15, -0.1) is 11.3 Å². The molecule has 0 aliphatic heterocycles. The molecule has 1 aliphatic rings. The van der Waals surface area contributed by atoms with E-state index >= 15 is 0 Å². The highest BCUT2D eigenvalue weighted by atomic mass is 32.1. The van der Waals surface area contributed by atoms with Crippen LogP contribution in [0.2, 0.25) is 0 Å². The van der Waals surface area contributed by atoms with Crippen LogP contribution in [-0.4, -0.2) is 46.0 Å². The number of esters is 1. The van der Waals surface area contributed by atoms with Gasteiger partial charge in [-0.05, 0) is 45.1 Å². The lowest BCUT2D eigenvalue weighted by Gasteiger charge is -2.21.